The van der Waals surface area contributed by atoms with Gasteiger partial charge in [0, 0.05) is 30.7 Å². The second kappa shape index (κ2) is 7.43. The van der Waals surface area contributed by atoms with Crippen molar-refractivity contribution < 1.29 is 14.0 Å². The number of rotatable bonds is 6. The summed E-state index contributed by atoms with van der Waals surface area (Å²) in [5, 5.41) is 7.32. The van der Waals surface area contributed by atoms with E-state index in [0.29, 0.717) is 0 Å². The number of fused-ring (bicyclic) bond motifs is 1. The summed E-state index contributed by atoms with van der Waals surface area (Å²) < 4.78 is 15.4. The summed E-state index contributed by atoms with van der Waals surface area (Å²) in [5.74, 6) is -1.33. The Kier molecular flexibility index (Phi) is 5.08. The van der Waals surface area contributed by atoms with E-state index in [1.165, 1.54) is 29.5 Å². The van der Waals surface area contributed by atoms with Crippen LogP contribution in [0.1, 0.15) is 35.4 Å². The lowest BCUT2D eigenvalue weighted by molar-refractivity contribution is -0.121. The molecule has 0 saturated carbocycles. The number of carbonyl (C=O) groups excluding carboxylic acids is 2. The van der Waals surface area contributed by atoms with Crippen LogP contribution in [0, 0.1) is 5.82 Å². The minimum absolute atomic E-state index is 0.0330. The molecule has 0 radical (unpaired) electrons. The molecule has 0 saturated heterocycles. The molecule has 0 spiro atoms. The zero-order valence-corrected chi connectivity index (χ0v) is 14.3. The van der Waals surface area contributed by atoms with Crippen LogP contribution in [-0.4, -0.2) is 27.7 Å². The van der Waals surface area contributed by atoms with Crippen LogP contribution in [0.4, 0.5) is 4.39 Å². The molecule has 8 heteroatoms. The smallest absolute Gasteiger partial charge is 0.254 e. The molecule has 1 unspecified atom stereocenters. The van der Waals surface area contributed by atoms with Gasteiger partial charge in [0.05, 0.1) is 17.3 Å². The molecule has 0 aliphatic rings. The summed E-state index contributed by atoms with van der Waals surface area (Å²) in [5.41, 5.74) is 0.741. The number of nitrogens with one attached hydrogen (secondary N) is 2. The van der Waals surface area contributed by atoms with Gasteiger partial charge in [-0.3, -0.25) is 14.0 Å². The van der Waals surface area contributed by atoms with Crippen molar-refractivity contribution in [2.45, 2.75) is 19.4 Å². The third-order valence-corrected chi connectivity index (χ3v) is 4.46. The van der Waals surface area contributed by atoms with E-state index in [1.54, 1.807) is 6.07 Å². The first-order valence-corrected chi connectivity index (χ1v) is 8.67. The Labute approximate surface area is 147 Å². The second-order valence-corrected chi connectivity index (χ2v) is 6.41. The Balaban J connectivity index is 1.47. The third-order valence-electron chi connectivity index (χ3n) is 3.69. The molecule has 3 aromatic rings. The van der Waals surface area contributed by atoms with Crippen molar-refractivity contribution >= 4 is 28.1 Å². The zero-order valence-electron chi connectivity index (χ0n) is 13.5. The first kappa shape index (κ1) is 17.1. The highest BCUT2D eigenvalue weighted by Crippen LogP contribution is 2.16. The van der Waals surface area contributed by atoms with Crippen LogP contribution in [0.5, 0.6) is 0 Å². The summed E-state index contributed by atoms with van der Waals surface area (Å²) in [6, 6.07) is 5.49. The molecule has 1 aromatic carbocycles. The van der Waals surface area contributed by atoms with Crippen molar-refractivity contribution in [3.63, 3.8) is 0 Å². The Morgan fingerprint density at radius 3 is 2.92 bits per heavy atom. The Hall–Kier alpha value is -2.74. The van der Waals surface area contributed by atoms with Crippen LogP contribution in [0.3, 0.4) is 0 Å². The van der Waals surface area contributed by atoms with Crippen LogP contribution in [0.2, 0.25) is 0 Å². The van der Waals surface area contributed by atoms with E-state index >= 15 is 0 Å². The van der Waals surface area contributed by atoms with Crippen molar-refractivity contribution in [2.75, 3.05) is 6.54 Å². The van der Waals surface area contributed by atoms with E-state index in [0.717, 1.165) is 10.7 Å². The molecule has 130 valence electrons. The number of thiazole rings is 1. The minimum atomic E-state index is -0.585. The predicted molar refractivity (Wildman–Crippen MR) is 93.0 cm³/mol. The van der Waals surface area contributed by atoms with E-state index in [1.807, 2.05) is 29.1 Å². The van der Waals surface area contributed by atoms with Crippen molar-refractivity contribution in [1.82, 2.24) is 20.0 Å². The quantitative estimate of drug-likeness (QED) is 0.709. The topological polar surface area (TPSA) is 75.5 Å². The van der Waals surface area contributed by atoms with Gasteiger partial charge in [-0.1, -0.05) is 12.1 Å². The fourth-order valence-electron chi connectivity index (χ4n) is 2.37. The van der Waals surface area contributed by atoms with Crippen molar-refractivity contribution in [2.24, 2.45) is 0 Å². The van der Waals surface area contributed by atoms with E-state index in [4.69, 9.17) is 0 Å². The lowest BCUT2D eigenvalue weighted by Crippen LogP contribution is -2.32. The maximum atomic E-state index is 13.5. The van der Waals surface area contributed by atoms with Gasteiger partial charge in [0.15, 0.2) is 4.96 Å². The van der Waals surface area contributed by atoms with Crippen molar-refractivity contribution in [3.05, 3.63) is 59.1 Å². The lowest BCUT2D eigenvalue weighted by Gasteiger charge is -2.12. The van der Waals surface area contributed by atoms with Gasteiger partial charge in [0.1, 0.15) is 5.82 Å². The highest BCUT2D eigenvalue weighted by molar-refractivity contribution is 7.15. The van der Waals surface area contributed by atoms with Crippen LogP contribution in [-0.2, 0) is 4.79 Å². The van der Waals surface area contributed by atoms with Gasteiger partial charge >= 0.3 is 0 Å². The van der Waals surface area contributed by atoms with Crippen LogP contribution >= 0.6 is 11.3 Å². The molecule has 6 nitrogen and oxygen atoms in total. The van der Waals surface area contributed by atoms with E-state index < -0.39 is 11.7 Å². The summed E-state index contributed by atoms with van der Waals surface area (Å²) in [6.07, 6.45) is 3.88. The fraction of sp³-hybridized carbons (Fsp3) is 0.235. The van der Waals surface area contributed by atoms with E-state index in [-0.39, 0.29) is 30.5 Å². The van der Waals surface area contributed by atoms with Gasteiger partial charge < -0.3 is 10.6 Å². The molecule has 0 aliphatic carbocycles. The Morgan fingerprint density at radius 2 is 2.16 bits per heavy atom. The van der Waals surface area contributed by atoms with Gasteiger partial charge in [-0.05, 0) is 19.1 Å². The number of imidazole rings is 1. The SMILES string of the molecule is CC(NC(=O)CCNC(=O)c1ccccc1F)c1cn2ccsc2n1. The average molecular weight is 360 g/mol. The summed E-state index contributed by atoms with van der Waals surface area (Å²) >= 11 is 1.52. The van der Waals surface area contributed by atoms with E-state index in [2.05, 4.69) is 15.6 Å². The second-order valence-electron chi connectivity index (χ2n) is 5.53. The molecule has 0 bridgehead atoms. The zero-order chi connectivity index (χ0) is 17.8. The Morgan fingerprint density at radius 1 is 1.36 bits per heavy atom. The van der Waals surface area contributed by atoms with Gasteiger partial charge in [-0.15, -0.1) is 11.3 Å². The summed E-state index contributed by atoms with van der Waals surface area (Å²) in [7, 11) is 0. The van der Waals surface area contributed by atoms with Crippen molar-refractivity contribution in [3.8, 4) is 0 Å². The molecular weight excluding hydrogens is 343 g/mol. The average Bonchev–Trinajstić information content (AvgIpc) is 3.16. The molecule has 2 aromatic heterocycles. The molecule has 3 rings (SSSR count). The highest BCUT2D eigenvalue weighted by Gasteiger charge is 2.14. The third kappa shape index (κ3) is 4.03. The number of nitrogens with zero attached hydrogens (tertiary/aromatic N) is 2. The van der Waals surface area contributed by atoms with Gasteiger partial charge in [0.2, 0.25) is 5.91 Å². The van der Waals surface area contributed by atoms with Crippen LogP contribution in [0.25, 0.3) is 4.96 Å². The molecule has 0 fully saturated rings. The van der Waals surface area contributed by atoms with Crippen LogP contribution in [0.15, 0.2) is 42.0 Å². The van der Waals surface area contributed by atoms with Crippen LogP contribution < -0.4 is 10.6 Å². The normalized spacial score (nSPS) is 12.1. The first-order chi connectivity index (χ1) is 12.0. The number of benzene rings is 1. The number of halogens is 1. The highest BCUT2D eigenvalue weighted by atomic mass is 32.1. The molecule has 2 amide bonds. The number of carbonyl (C=O) groups is 2. The van der Waals surface area contributed by atoms with Crippen molar-refractivity contribution in [1.29, 1.82) is 0 Å². The molecule has 2 heterocycles. The molecule has 25 heavy (non-hydrogen) atoms. The largest absolute Gasteiger partial charge is 0.351 e. The number of hydrogen-bond acceptors (Lipinski definition) is 4. The molecule has 0 aliphatic heterocycles. The maximum Gasteiger partial charge on any atom is 0.254 e. The first-order valence-electron chi connectivity index (χ1n) is 7.79. The fourth-order valence-corrected chi connectivity index (χ4v) is 3.08. The lowest BCUT2D eigenvalue weighted by atomic mass is 10.2. The maximum absolute atomic E-state index is 13.5. The number of amides is 2. The van der Waals surface area contributed by atoms with E-state index in [9.17, 15) is 14.0 Å². The molecule has 2 N–H and O–H groups in total. The predicted octanol–water partition coefficient (Wildman–Crippen LogP) is 2.53. The summed E-state index contributed by atoms with van der Waals surface area (Å²) in [4.78, 5) is 29.2. The summed E-state index contributed by atoms with van der Waals surface area (Å²) in [6.45, 7) is 1.98. The number of aromatic nitrogens is 2. The van der Waals surface area contributed by atoms with Gasteiger partial charge in [0.25, 0.3) is 5.91 Å². The standard InChI is InChI=1S/C17H17FN4O2S/c1-11(14-10-22-8-9-25-17(22)21-14)20-15(23)6-7-19-16(24)12-4-2-3-5-13(12)18/h2-5,8-11H,6-7H2,1H3,(H,19,24)(H,20,23). The molecular formula is C17H17FN4O2S. The molecule has 1 atom stereocenters. The van der Waals surface area contributed by atoms with Gasteiger partial charge in [-0.2, -0.15) is 0 Å². The minimum Gasteiger partial charge on any atom is -0.351 e. The number of hydrogen-bond donors (Lipinski definition) is 2. The Bertz CT molecular complexity index is 876. The van der Waals surface area contributed by atoms with Gasteiger partial charge in [-0.25, -0.2) is 9.37 Å². The monoisotopic (exact) mass is 360 g/mol.